The molecule has 1 heterocycles. The smallest absolute Gasteiger partial charge is 0.143 e. The van der Waals surface area contributed by atoms with E-state index in [9.17, 15) is 0 Å². The molecule has 0 aliphatic carbocycles. The summed E-state index contributed by atoms with van der Waals surface area (Å²) in [6, 6.07) is 11.2. The maximum atomic E-state index is 6.09. The second-order valence-electron chi connectivity index (χ2n) is 4.35. The van der Waals surface area contributed by atoms with Gasteiger partial charge in [-0.3, -0.25) is 0 Å². The first-order chi connectivity index (χ1) is 9.74. The molecular formula is C15H12ClN3O. The van der Waals surface area contributed by atoms with Crippen molar-refractivity contribution in [1.29, 1.82) is 0 Å². The zero-order valence-electron chi connectivity index (χ0n) is 10.6. The summed E-state index contributed by atoms with van der Waals surface area (Å²) >= 11 is 6.09. The average Bonchev–Trinajstić information content (AvgIpc) is 2.46. The monoisotopic (exact) mass is 285 g/mol. The molecule has 5 heteroatoms. The molecule has 0 bridgehead atoms. The fourth-order valence-electron chi connectivity index (χ4n) is 1.92. The molecule has 3 rings (SSSR count). The summed E-state index contributed by atoms with van der Waals surface area (Å²) in [5.41, 5.74) is 8.22. The number of hydrogen-bond acceptors (Lipinski definition) is 4. The molecule has 100 valence electrons. The van der Waals surface area contributed by atoms with Crippen LogP contribution in [-0.4, -0.2) is 9.97 Å². The lowest BCUT2D eigenvalue weighted by Crippen LogP contribution is -2.00. The molecular weight excluding hydrogens is 274 g/mol. The summed E-state index contributed by atoms with van der Waals surface area (Å²) in [7, 11) is 0. The summed E-state index contributed by atoms with van der Waals surface area (Å²) in [4.78, 5) is 8.14. The van der Waals surface area contributed by atoms with E-state index in [2.05, 4.69) is 9.97 Å². The number of aromatic nitrogens is 2. The highest BCUT2D eigenvalue weighted by Gasteiger charge is 2.06. The molecule has 0 amide bonds. The highest BCUT2D eigenvalue weighted by Crippen LogP contribution is 2.28. The van der Waals surface area contributed by atoms with Gasteiger partial charge in [-0.15, -0.1) is 0 Å². The van der Waals surface area contributed by atoms with Gasteiger partial charge in [-0.25, -0.2) is 9.97 Å². The second-order valence-corrected chi connectivity index (χ2v) is 4.76. The van der Waals surface area contributed by atoms with E-state index in [4.69, 9.17) is 22.1 Å². The molecule has 3 aromatic rings. The van der Waals surface area contributed by atoms with Gasteiger partial charge in [0.25, 0.3) is 0 Å². The fraction of sp³-hybridized carbons (Fsp3) is 0.0667. The van der Waals surface area contributed by atoms with Crippen molar-refractivity contribution in [3.8, 4) is 5.75 Å². The van der Waals surface area contributed by atoms with Crippen LogP contribution >= 0.6 is 11.6 Å². The van der Waals surface area contributed by atoms with Crippen molar-refractivity contribution in [2.75, 3.05) is 5.73 Å². The van der Waals surface area contributed by atoms with Gasteiger partial charge >= 0.3 is 0 Å². The number of hydrogen-bond donors (Lipinski definition) is 1. The predicted octanol–water partition coefficient (Wildman–Crippen LogP) is 3.44. The molecule has 0 spiro atoms. The third-order valence-corrected chi connectivity index (χ3v) is 3.35. The third kappa shape index (κ3) is 2.51. The van der Waals surface area contributed by atoms with Crippen LogP contribution in [0.2, 0.25) is 5.02 Å². The number of nitrogens with zero attached hydrogens (tertiary/aromatic N) is 2. The van der Waals surface area contributed by atoms with Crippen molar-refractivity contribution in [3.63, 3.8) is 0 Å². The number of benzene rings is 2. The molecule has 4 nitrogen and oxygen atoms in total. The number of nitrogen functional groups attached to an aromatic ring is 1. The lowest BCUT2D eigenvalue weighted by molar-refractivity contribution is 0.308. The van der Waals surface area contributed by atoms with Crippen molar-refractivity contribution >= 4 is 28.2 Å². The van der Waals surface area contributed by atoms with E-state index in [0.717, 1.165) is 16.5 Å². The van der Waals surface area contributed by atoms with Crippen LogP contribution in [0.15, 0.2) is 48.9 Å². The Kier molecular flexibility index (Phi) is 3.39. The lowest BCUT2D eigenvalue weighted by atomic mass is 10.2. The van der Waals surface area contributed by atoms with E-state index in [-0.39, 0.29) is 0 Å². The molecule has 2 N–H and O–H groups in total. The Labute approximate surface area is 121 Å². The molecule has 0 unspecified atom stereocenters. The van der Waals surface area contributed by atoms with Gasteiger partial charge in [-0.05, 0) is 18.2 Å². The summed E-state index contributed by atoms with van der Waals surface area (Å²) in [6.45, 7) is 0.364. The Balaban J connectivity index is 1.87. The minimum Gasteiger partial charge on any atom is -0.487 e. The molecule has 0 atom stereocenters. The van der Waals surface area contributed by atoms with E-state index in [1.165, 1.54) is 6.33 Å². The van der Waals surface area contributed by atoms with Crippen LogP contribution in [-0.2, 0) is 6.61 Å². The van der Waals surface area contributed by atoms with Gasteiger partial charge in [-0.1, -0.05) is 29.8 Å². The largest absolute Gasteiger partial charge is 0.487 e. The van der Waals surface area contributed by atoms with Gasteiger partial charge in [0.15, 0.2) is 0 Å². The van der Waals surface area contributed by atoms with Gasteiger partial charge in [0, 0.05) is 22.2 Å². The fourth-order valence-corrected chi connectivity index (χ4v) is 2.11. The number of fused-ring (bicyclic) bond motifs is 1. The zero-order chi connectivity index (χ0) is 13.9. The van der Waals surface area contributed by atoms with Crippen LogP contribution in [0.25, 0.3) is 10.9 Å². The first-order valence-corrected chi connectivity index (χ1v) is 6.47. The molecule has 0 aliphatic heterocycles. The van der Waals surface area contributed by atoms with E-state index in [1.807, 2.05) is 30.3 Å². The van der Waals surface area contributed by atoms with Crippen LogP contribution in [0.3, 0.4) is 0 Å². The highest BCUT2D eigenvalue weighted by molar-refractivity contribution is 6.31. The molecule has 0 fully saturated rings. The quantitative estimate of drug-likeness (QED) is 0.749. The Morgan fingerprint density at radius 3 is 2.90 bits per heavy atom. The van der Waals surface area contributed by atoms with Crippen LogP contribution < -0.4 is 10.5 Å². The number of halogens is 1. The SMILES string of the molecule is Nc1cc2ncncc2cc1OCc1ccccc1Cl. The molecule has 0 radical (unpaired) electrons. The number of nitrogens with two attached hydrogens (primary N) is 1. The number of anilines is 1. The van der Waals surface area contributed by atoms with Crippen molar-refractivity contribution in [2.24, 2.45) is 0 Å². The Hall–Kier alpha value is -2.33. The van der Waals surface area contributed by atoms with E-state index in [1.54, 1.807) is 12.3 Å². The molecule has 1 aromatic heterocycles. The summed E-state index contributed by atoms with van der Waals surface area (Å²) in [5, 5.41) is 1.56. The van der Waals surface area contributed by atoms with Gasteiger partial charge in [0.05, 0.1) is 11.2 Å². The van der Waals surface area contributed by atoms with Crippen LogP contribution in [0.1, 0.15) is 5.56 Å². The van der Waals surface area contributed by atoms with E-state index >= 15 is 0 Å². The topological polar surface area (TPSA) is 61.0 Å². The van der Waals surface area contributed by atoms with Crippen molar-refractivity contribution in [3.05, 3.63) is 59.5 Å². The van der Waals surface area contributed by atoms with Crippen LogP contribution in [0.4, 0.5) is 5.69 Å². The minimum absolute atomic E-state index is 0.364. The molecule has 0 saturated heterocycles. The minimum atomic E-state index is 0.364. The van der Waals surface area contributed by atoms with Gasteiger partial charge in [-0.2, -0.15) is 0 Å². The van der Waals surface area contributed by atoms with Gasteiger partial charge in [0.1, 0.15) is 18.7 Å². The predicted molar refractivity (Wildman–Crippen MR) is 79.7 cm³/mol. The highest BCUT2D eigenvalue weighted by atomic mass is 35.5. The first kappa shape index (κ1) is 12.7. The van der Waals surface area contributed by atoms with Crippen LogP contribution in [0.5, 0.6) is 5.75 Å². The summed E-state index contributed by atoms with van der Waals surface area (Å²) in [5.74, 6) is 0.604. The average molecular weight is 286 g/mol. The van der Waals surface area contributed by atoms with Crippen molar-refractivity contribution in [1.82, 2.24) is 9.97 Å². The normalized spacial score (nSPS) is 10.7. The van der Waals surface area contributed by atoms with Gasteiger partial charge < -0.3 is 10.5 Å². The van der Waals surface area contributed by atoms with Crippen LogP contribution in [0, 0.1) is 0 Å². The zero-order valence-corrected chi connectivity index (χ0v) is 11.3. The summed E-state index contributed by atoms with van der Waals surface area (Å²) < 4.78 is 5.75. The molecule has 20 heavy (non-hydrogen) atoms. The van der Waals surface area contributed by atoms with E-state index < -0.39 is 0 Å². The molecule has 0 saturated carbocycles. The Morgan fingerprint density at radius 2 is 2.05 bits per heavy atom. The second kappa shape index (κ2) is 5.35. The number of rotatable bonds is 3. The molecule has 2 aromatic carbocycles. The number of ether oxygens (including phenoxy) is 1. The first-order valence-electron chi connectivity index (χ1n) is 6.09. The molecule has 0 aliphatic rings. The standard InChI is InChI=1S/C15H12ClN3O/c16-12-4-2-1-3-10(12)8-20-15-5-11-7-18-9-19-14(11)6-13(15)17/h1-7,9H,8,17H2. The van der Waals surface area contributed by atoms with Gasteiger partial charge in [0.2, 0.25) is 0 Å². The Morgan fingerprint density at radius 1 is 1.20 bits per heavy atom. The third-order valence-electron chi connectivity index (χ3n) is 2.98. The maximum Gasteiger partial charge on any atom is 0.143 e. The lowest BCUT2D eigenvalue weighted by Gasteiger charge is -2.10. The van der Waals surface area contributed by atoms with Crippen molar-refractivity contribution in [2.45, 2.75) is 6.61 Å². The maximum absolute atomic E-state index is 6.09. The van der Waals surface area contributed by atoms with Crippen molar-refractivity contribution < 1.29 is 4.74 Å². The Bertz CT molecular complexity index is 761. The van der Waals surface area contributed by atoms with E-state index in [0.29, 0.717) is 23.1 Å². The summed E-state index contributed by atoms with van der Waals surface area (Å²) in [6.07, 6.45) is 3.22.